The molecule has 4 rings (SSSR count). The van der Waals surface area contributed by atoms with E-state index in [2.05, 4.69) is 27.5 Å². The van der Waals surface area contributed by atoms with Gasteiger partial charge in [-0.05, 0) is 47.7 Å². The number of aryl methyl sites for hydroxylation is 1. The molecule has 2 aromatic heterocycles. The highest BCUT2D eigenvalue weighted by molar-refractivity contribution is 7.18. The number of carbonyl (C=O) groups is 1. The van der Waals surface area contributed by atoms with Gasteiger partial charge in [0.1, 0.15) is 11.6 Å². The third kappa shape index (κ3) is 4.39. The number of nitrogens with one attached hydrogen (secondary N) is 2. The smallest absolute Gasteiger partial charge is 0.323 e. The average molecular weight is 446 g/mol. The molecule has 2 amide bonds. The first kappa shape index (κ1) is 21.3. The molecular formula is C24H20FN5OS. The predicted molar refractivity (Wildman–Crippen MR) is 129 cm³/mol. The highest BCUT2D eigenvalue weighted by Gasteiger charge is 2.14. The molecule has 2 aromatic carbocycles. The fourth-order valence-electron chi connectivity index (χ4n) is 3.27. The summed E-state index contributed by atoms with van der Waals surface area (Å²) in [6.07, 6.45) is 1.66. The molecule has 0 saturated carbocycles. The minimum absolute atomic E-state index is 0.125. The van der Waals surface area contributed by atoms with E-state index in [-0.39, 0.29) is 12.2 Å². The van der Waals surface area contributed by atoms with E-state index in [0.29, 0.717) is 11.5 Å². The first-order valence-corrected chi connectivity index (χ1v) is 10.6. The Labute approximate surface area is 188 Å². The Bertz CT molecular complexity index is 1370. The number of anilines is 3. The summed E-state index contributed by atoms with van der Waals surface area (Å²) in [4.78, 5) is 16.5. The van der Waals surface area contributed by atoms with Gasteiger partial charge in [-0.3, -0.25) is 0 Å². The van der Waals surface area contributed by atoms with Crippen LogP contribution in [-0.4, -0.2) is 17.6 Å². The van der Waals surface area contributed by atoms with Gasteiger partial charge in [0.2, 0.25) is 0 Å². The molecule has 0 fully saturated rings. The van der Waals surface area contributed by atoms with E-state index in [0.717, 1.165) is 32.3 Å². The lowest BCUT2D eigenvalue weighted by atomic mass is 10.0. The van der Waals surface area contributed by atoms with E-state index in [4.69, 9.17) is 11.5 Å². The molecule has 6 nitrogen and oxygen atoms in total. The summed E-state index contributed by atoms with van der Waals surface area (Å²) in [6, 6.07) is 11.3. The monoisotopic (exact) mass is 445 g/mol. The van der Waals surface area contributed by atoms with Gasteiger partial charge in [0, 0.05) is 22.8 Å². The van der Waals surface area contributed by atoms with E-state index in [1.165, 1.54) is 17.4 Å². The first-order valence-electron chi connectivity index (χ1n) is 9.75. The van der Waals surface area contributed by atoms with Gasteiger partial charge in [0.25, 0.3) is 0 Å². The number of rotatable bonds is 3. The summed E-state index contributed by atoms with van der Waals surface area (Å²) in [7, 11) is 0. The Kier molecular flexibility index (Phi) is 6.03. The maximum atomic E-state index is 13.9. The Morgan fingerprint density at radius 1 is 1.19 bits per heavy atom. The number of nitrogens with zero attached hydrogens (tertiary/aromatic N) is 1. The van der Waals surface area contributed by atoms with Gasteiger partial charge in [-0.1, -0.05) is 30.0 Å². The van der Waals surface area contributed by atoms with Crippen LogP contribution in [0.2, 0.25) is 0 Å². The quantitative estimate of drug-likeness (QED) is 0.335. The Hall–Kier alpha value is -3.93. The van der Waals surface area contributed by atoms with E-state index in [1.54, 1.807) is 30.5 Å². The summed E-state index contributed by atoms with van der Waals surface area (Å²) in [5, 5.41) is 8.08. The summed E-state index contributed by atoms with van der Waals surface area (Å²) in [5.41, 5.74) is 15.8. The SMILES string of the molecule is Cc1ccc(F)c(NC(=O)Nc2ccc(-c3csc4c(C#CCN)cnc(N)c34)cc2)c1. The van der Waals surface area contributed by atoms with Crippen molar-refractivity contribution in [2.45, 2.75) is 6.92 Å². The van der Waals surface area contributed by atoms with Crippen LogP contribution in [0, 0.1) is 24.6 Å². The van der Waals surface area contributed by atoms with Crippen molar-refractivity contribution in [2.75, 3.05) is 22.9 Å². The molecule has 32 heavy (non-hydrogen) atoms. The van der Waals surface area contributed by atoms with Crippen molar-refractivity contribution >= 4 is 44.6 Å². The molecule has 0 aliphatic rings. The predicted octanol–water partition coefficient (Wildman–Crippen LogP) is 4.95. The first-order chi connectivity index (χ1) is 15.5. The minimum atomic E-state index is -0.528. The van der Waals surface area contributed by atoms with Crippen LogP contribution in [0.25, 0.3) is 21.2 Å². The van der Waals surface area contributed by atoms with Gasteiger partial charge in [0.05, 0.1) is 22.5 Å². The minimum Gasteiger partial charge on any atom is -0.383 e. The van der Waals surface area contributed by atoms with Crippen molar-refractivity contribution in [3.8, 4) is 23.0 Å². The second kappa shape index (κ2) is 9.06. The number of thiophene rings is 1. The summed E-state index contributed by atoms with van der Waals surface area (Å²) in [6.45, 7) is 2.09. The highest BCUT2D eigenvalue weighted by atomic mass is 32.1. The number of urea groups is 1. The third-order valence-corrected chi connectivity index (χ3v) is 5.79. The number of hydrogen-bond acceptors (Lipinski definition) is 5. The van der Waals surface area contributed by atoms with Crippen molar-refractivity contribution in [2.24, 2.45) is 5.73 Å². The Balaban J connectivity index is 1.56. The molecule has 0 spiro atoms. The lowest BCUT2D eigenvalue weighted by Crippen LogP contribution is -2.20. The number of benzene rings is 2. The van der Waals surface area contributed by atoms with Crippen LogP contribution in [-0.2, 0) is 0 Å². The highest BCUT2D eigenvalue weighted by Crippen LogP contribution is 2.38. The Morgan fingerprint density at radius 2 is 1.97 bits per heavy atom. The molecule has 0 radical (unpaired) electrons. The molecule has 0 saturated heterocycles. The maximum absolute atomic E-state index is 13.9. The van der Waals surface area contributed by atoms with Gasteiger partial charge >= 0.3 is 6.03 Å². The number of hydrogen-bond donors (Lipinski definition) is 4. The molecule has 4 aromatic rings. The van der Waals surface area contributed by atoms with Gasteiger partial charge in [-0.15, -0.1) is 11.3 Å². The molecular weight excluding hydrogens is 425 g/mol. The van der Waals surface area contributed by atoms with Crippen LogP contribution in [0.15, 0.2) is 54.0 Å². The number of halogens is 1. The zero-order valence-electron chi connectivity index (χ0n) is 17.2. The van der Waals surface area contributed by atoms with Crippen molar-refractivity contribution in [3.63, 3.8) is 0 Å². The molecule has 0 aliphatic carbocycles. The summed E-state index contributed by atoms with van der Waals surface area (Å²) < 4.78 is 14.8. The number of nitrogens with two attached hydrogens (primary N) is 2. The van der Waals surface area contributed by atoms with Crippen LogP contribution >= 0.6 is 11.3 Å². The standard InChI is InChI=1S/C24H20FN5OS/c1-14-4-9-19(25)20(11-14)30-24(31)29-17-7-5-15(6-8-17)18-13-32-22-16(3-2-10-26)12-28-23(27)21(18)22/h4-9,11-13H,10,26H2,1H3,(H2,27,28)(H2,29,30,31). The van der Waals surface area contributed by atoms with Crippen LogP contribution in [0.1, 0.15) is 11.1 Å². The Morgan fingerprint density at radius 3 is 2.72 bits per heavy atom. The second-order valence-electron chi connectivity index (χ2n) is 7.06. The lowest BCUT2D eigenvalue weighted by Gasteiger charge is -2.10. The number of aromatic nitrogens is 1. The van der Waals surface area contributed by atoms with Crippen molar-refractivity contribution in [1.82, 2.24) is 4.98 Å². The fraction of sp³-hybridized carbons (Fsp3) is 0.0833. The lowest BCUT2D eigenvalue weighted by molar-refractivity contribution is 0.262. The number of carbonyl (C=O) groups excluding carboxylic acids is 1. The fourth-order valence-corrected chi connectivity index (χ4v) is 4.32. The number of fused-ring (bicyclic) bond motifs is 1. The topological polar surface area (TPSA) is 106 Å². The van der Waals surface area contributed by atoms with E-state index >= 15 is 0 Å². The summed E-state index contributed by atoms with van der Waals surface area (Å²) >= 11 is 1.54. The van der Waals surface area contributed by atoms with Crippen LogP contribution in [0.5, 0.6) is 0 Å². The van der Waals surface area contributed by atoms with Crippen LogP contribution in [0.4, 0.5) is 26.4 Å². The molecule has 160 valence electrons. The zero-order valence-corrected chi connectivity index (χ0v) is 18.0. The van der Waals surface area contributed by atoms with Gasteiger partial charge in [-0.2, -0.15) is 0 Å². The summed E-state index contributed by atoms with van der Waals surface area (Å²) in [5.74, 6) is 5.82. The number of nitrogen functional groups attached to an aromatic ring is 1. The van der Waals surface area contributed by atoms with Gasteiger partial charge < -0.3 is 22.1 Å². The molecule has 6 N–H and O–H groups in total. The maximum Gasteiger partial charge on any atom is 0.323 e. The van der Waals surface area contributed by atoms with Crippen molar-refractivity contribution in [3.05, 3.63) is 71.0 Å². The van der Waals surface area contributed by atoms with E-state index in [1.807, 2.05) is 24.4 Å². The van der Waals surface area contributed by atoms with Crippen molar-refractivity contribution in [1.29, 1.82) is 0 Å². The number of amides is 2. The molecule has 8 heteroatoms. The normalized spacial score (nSPS) is 10.5. The van der Waals surface area contributed by atoms with E-state index in [9.17, 15) is 9.18 Å². The third-order valence-electron chi connectivity index (χ3n) is 4.77. The largest absolute Gasteiger partial charge is 0.383 e. The van der Waals surface area contributed by atoms with Crippen LogP contribution < -0.4 is 22.1 Å². The zero-order chi connectivity index (χ0) is 22.7. The number of pyridine rings is 1. The van der Waals surface area contributed by atoms with Crippen molar-refractivity contribution < 1.29 is 9.18 Å². The van der Waals surface area contributed by atoms with Crippen LogP contribution in [0.3, 0.4) is 0 Å². The van der Waals surface area contributed by atoms with E-state index < -0.39 is 11.8 Å². The average Bonchev–Trinajstić information content (AvgIpc) is 3.23. The van der Waals surface area contributed by atoms with Gasteiger partial charge in [0.15, 0.2) is 0 Å². The molecule has 0 atom stereocenters. The molecule has 0 bridgehead atoms. The van der Waals surface area contributed by atoms with Gasteiger partial charge in [-0.25, -0.2) is 14.2 Å². The molecule has 0 aliphatic heterocycles. The second-order valence-corrected chi connectivity index (χ2v) is 7.94. The molecule has 0 unspecified atom stereocenters. The molecule has 2 heterocycles.